The summed E-state index contributed by atoms with van der Waals surface area (Å²) in [6, 6.07) is 1.73. The van der Waals surface area contributed by atoms with Gasteiger partial charge in [0.15, 0.2) is 5.78 Å². The molecule has 1 saturated carbocycles. The van der Waals surface area contributed by atoms with E-state index in [9.17, 15) is 14.0 Å². The number of amides is 1. The number of hydrogen-bond acceptors (Lipinski definition) is 7. The molecular weight excluding hydrogens is 604 g/mol. The molecule has 2 aromatic heterocycles. The first-order valence-corrected chi connectivity index (χ1v) is 17.7. The topological polar surface area (TPSA) is 115 Å². The zero-order valence-corrected chi connectivity index (χ0v) is 29.5. The van der Waals surface area contributed by atoms with E-state index in [1.807, 2.05) is 18.5 Å². The Morgan fingerprint density at radius 2 is 1.93 bits per heavy atom. The number of carbonyl (C=O) groups is 2. The number of rotatable bonds is 7. The lowest BCUT2D eigenvalue weighted by Gasteiger charge is -2.40. The van der Waals surface area contributed by atoms with E-state index in [-0.39, 0.29) is 41.1 Å². The second-order valence-electron chi connectivity index (χ2n) is 14.7. The second kappa shape index (κ2) is 14.2. The molecule has 4 aliphatic rings. The Morgan fingerprint density at radius 3 is 2.57 bits per heavy atom. The van der Waals surface area contributed by atoms with E-state index < -0.39 is 5.41 Å². The van der Waals surface area contributed by atoms with Gasteiger partial charge in [0.25, 0.3) is 0 Å². The fourth-order valence-corrected chi connectivity index (χ4v) is 7.69. The molecule has 0 bridgehead atoms. The van der Waals surface area contributed by atoms with Gasteiger partial charge < -0.3 is 15.5 Å². The van der Waals surface area contributed by atoms with Crippen LogP contribution in [0.15, 0.2) is 23.5 Å². The van der Waals surface area contributed by atoms with Crippen molar-refractivity contribution in [2.75, 3.05) is 18.6 Å². The van der Waals surface area contributed by atoms with Gasteiger partial charge in [0, 0.05) is 55.8 Å². The van der Waals surface area contributed by atoms with Crippen LogP contribution in [-0.4, -0.2) is 67.0 Å². The second-order valence-corrected chi connectivity index (χ2v) is 15.8. The number of nitrogens with zero attached hydrogens (tertiary/aromatic N) is 5. The van der Waals surface area contributed by atoms with Crippen LogP contribution < -0.4 is 10.7 Å². The number of aryl methyl sites for hydroxylation is 1. The SMILES string of the molecule is CC(C)C(=O)c1ccnn1C.CC(c1cn2c(n1)N=C(C1CCOC(C)(C)C1)C(C[C@H]1CCCNC1=O)N2)C1CCC(F)(P)CC1. The van der Waals surface area contributed by atoms with E-state index in [1.165, 1.54) is 0 Å². The number of nitrogens with one attached hydrogen (secondary N) is 2. The fourth-order valence-electron chi connectivity index (χ4n) is 7.36. The van der Waals surface area contributed by atoms with E-state index in [2.05, 4.69) is 52.0 Å². The van der Waals surface area contributed by atoms with Crippen molar-refractivity contribution in [1.29, 1.82) is 0 Å². The molecule has 1 aliphatic carbocycles. The summed E-state index contributed by atoms with van der Waals surface area (Å²) in [4.78, 5) is 34.0. The number of hydrogen-bond donors (Lipinski definition) is 2. The number of imidazole rings is 1. The summed E-state index contributed by atoms with van der Waals surface area (Å²) >= 11 is 0. The van der Waals surface area contributed by atoms with Crippen molar-refractivity contribution in [3.8, 4) is 0 Å². The maximum absolute atomic E-state index is 14.3. The number of aliphatic imine (C=N–C) groups is 1. The van der Waals surface area contributed by atoms with Crippen molar-refractivity contribution in [3.63, 3.8) is 0 Å². The molecule has 5 atom stereocenters. The molecule has 2 N–H and O–H groups in total. The summed E-state index contributed by atoms with van der Waals surface area (Å²) in [5.74, 6) is 2.01. The van der Waals surface area contributed by atoms with Gasteiger partial charge in [0.1, 0.15) is 11.1 Å². The molecule has 3 aliphatic heterocycles. The number of aromatic nitrogens is 4. The summed E-state index contributed by atoms with van der Waals surface area (Å²) in [6.45, 7) is 11.8. The molecule has 4 unspecified atom stereocenters. The largest absolute Gasteiger partial charge is 0.376 e. The van der Waals surface area contributed by atoms with Crippen molar-refractivity contribution >= 4 is 32.6 Å². The fraction of sp³-hybridized carbons (Fsp3) is 0.735. The zero-order valence-electron chi connectivity index (χ0n) is 28.4. The minimum Gasteiger partial charge on any atom is -0.376 e. The molecule has 5 heterocycles. The Hall–Kier alpha value is -2.65. The van der Waals surface area contributed by atoms with Gasteiger partial charge in [-0.2, -0.15) is 5.10 Å². The predicted octanol–water partition coefficient (Wildman–Crippen LogP) is 6.10. The number of piperidine rings is 1. The van der Waals surface area contributed by atoms with Crippen LogP contribution >= 0.6 is 9.24 Å². The van der Waals surface area contributed by atoms with Crippen LogP contribution in [0.5, 0.6) is 0 Å². The number of fused-ring (bicyclic) bond motifs is 1. The third-order valence-corrected chi connectivity index (χ3v) is 10.8. The first-order chi connectivity index (χ1) is 21.7. The van der Waals surface area contributed by atoms with E-state index in [1.54, 1.807) is 24.0 Å². The van der Waals surface area contributed by atoms with Crippen LogP contribution in [0.2, 0.25) is 0 Å². The Balaban J connectivity index is 0.000000322. The molecule has 0 radical (unpaired) electrons. The maximum atomic E-state index is 14.3. The monoisotopic (exact) mass is 657 g/mol. The molecular formula is C34H53FN7O3P. The average molecular weight is 658 g/mol. The quantitative estimate of drug-likeness (QED) is 0.275. The van der Waals surface area contributed by atoms with Gasteiger partial charge in [-0.25, -0.2) is 19.0 Å². The zero-order chi connectivity index (χ0) is 33.2. The highest BCUT2D eigenvalue weighted by Crippen LogP contribution is 2.45. The number of alkyl halides is 1. The molecule has 46 heavy (non-hydrogen) atoms. The number of carbonyl (C=O) groups excluding carboxylic acids is 2. The van der Waals surface area contributed by atoms with Crippen LogP contribution in [-0.2, 0) is 16.6 Å². The van der Waals surface area contributed by atoms with E-state index in [0.717, 1.165) is 69.5 Å². The highest BCUT2D eigenvalue weighted by atomic mass is 31.0. The molecule has 0 aromatic carbocycles. The molecule has 254 valence electrons. The number of halogens is 1. The Morgan fingerprint density at radius 1 is 1.20 bits per heavy atom. The molecule has 0 spiro atoms. The average Bonchev–Trinajstić information content (AvgIpc) is 3.62. The number of ketones is 1. The van der Waals surface area contributed by atoms with Crippen molar-refractivity contribution in [3.05, 3.63) is 29.8 Å². The highest BCUT2D eigenvalue weighted by molar-refractivity contribution is 7.18. The molecule has 2 aromatic rings. The van der Waals surface area contributed by atoms with Gasteiger partial charge in [0.2, 0.25) is 11.9 Å². The summed E-state index contributed by atoms with van der Waals surface area (Å²) < 4.78 is 23.9. The van der Waals surface area contributed by atoms with Crippen LogP contribution in [0.1, 0.15) is 115 Å². The van der Waals surface area contributed by atoms with Crippen LogP contribution in [0, 0.1) is 23.7 Å². The Bertz CT molecular complexity index is 1410. The van der Waals surface area contributed by atoms with Gasteiger partial charge in [0.05, 0.1) is 23.5 Å². The number of Topliss-reactive ketones (excluding diaryl/α,β-unsaturated/α-hetero) is 1. The summed E-state index contributed by atoms with van der Waals surface area (Å²) in [5, 5.41) is 5.84. The lowest BCUT2D eigenvalue weighted by Crippen LogP contribution is -2.48. The normalized spacial score (nSPS) is 29.8. The first kappa shape index (κ1) is 34.7. The third-order valence-electron chi connectivity index (χ3n) is 10.3. The van der Waals surface area contributed by atoms with Crippen LogP contribution in [0.3, 0.4) is 0 Å². The summed E-state index contributed by atoms with van der Waals surface area (Å²) in [5.41, 5.74) is 6.29. The van der Waals surface area contributed by atoms with Crippen molar-refractivity contribution < 1.29 is 18.7 Å². The van der Waals surface area contributed by atoms with E-state index >= 15 is 0 Å². The molecule has 10 nitrogen and oxygen atoms in total. The lowest BCUT2D eigenvalue weighted by atomic mass is 9.79. The van der Waals surface area contributed by atoms with E-state index in [0.29, 0.717) is 36.3 Å². The minimum atomic E-state index is -1.11. The van der Waals surface area contributed by atoms with Gasteiger partial charge >= 0.3 is 0 Å². The lowest BCUT2D eigenvalue weighted by molar-refractivity contribution is -0.126. The molecule has 12 heteroatoms. The van der Waals surface area contributed by atoms with E-state index in [4.69, 9.17) is 14.7 Å². The first-order valence-electron chi connectivity index (χ1n) is 17.1. The van der Waals surface area contributed by atoms with Gasteiger partial charge in [-0.05, 0) is 83.6 Å². The Kier molecular flexibility index (Phi) is 10.7. The molecule has 3 fully saturated rings. The number of ether oxygens (including phenoxy) is 1. The van der Waals surface area contributed by atoms with Crippen molar-refractivity contribution in [2.24, 2.45) is 35.7 Å². The van der Waals surface area contributed by atoms with Crippen LogP contribution in [0.4, 0.5) is 10.3 Å². The van der Waals surface area contributed by atoms with Gasteiger partial charge in [-0.1, -0.05) is 30.0 Å². The third kappa shape index (κ3) is 8.25. The molecule has 1 amide bonds. The smallest absolute Gasteiger partial charge is 0.248 e. The summed E-state index contributed by atoms with van der Waals surface area (Å²) in [6.07, 6.45) is 11.2. The molecule has 6 rings (SSSR count). The molecule has 2 saturated heterocycles. The van der Waals surface area contributed by atoms with Crippen molar-refractivity contribution in [2.45, 2.75) is 115 Å². The van der Waals surface area contributed by atoms with Gasteiger partial charge in [-0.3, -0.25) is 14.3 Å². The Labute approximate surface area is 275 Å². The van der Waals surface area contributed by atoms with Gasteiger partial charge in [-0.15, -0.1) is 0 Å². The maximum Gasteiger partial charge on any atom is 0.248 e. The standard InChI is InChI=1S/C26H41FN5O2P.C8H12N2O/c1-16(17-6-9-26(27,35)10-7-17)21-15-32-24(29-21)30-22(19-8-12-34-25(2,3)14-19)20(31-32)13-18-5-4-11-28-23(18)33;1-6(2)8(11)7-4-5-9-10(7)3/h15-20,31H,4-14,35H2,1-3H3,(H,28,33);4-6H,1-3H3/t16?,17?,18-,19?,20?,26?;/m1./s1. The predicted molar refractivity (Wildman–Crippen MR) is 182 cm³/mol. The summed E-state index contributed by atoms with van der Waals surface area (Å²) in [7, 11) is 4.17. The minimum absolute atomic E-state index is 0.00196. The van der Waals surface area contributed by atoms with Crippen molar-refractivity contribution in [1.82, 2.24) is 24.8 Å². The van der Waals surface area contributed by atoms with Crippen LogP contribution in [0.25, 0.3) is 0 Å². The highest BCUT2D eigenvalue weighted by Gasteiger charge is 2.39.